The summed E-state index contributed by atoms with van der Waals surface area (Å²) in [7, 11) is 0. The monoisotopic (exact) mass is 467 g/mol. The van der Waals surface area contributed by atoms with Crippen molar-refractivity contribution in [1.82, 2.24) is 4.90 Å². The van der Waals surface area contributed by atoms with Crippen molar-refractivity contribution in [3.05, 3.63) is 48.5 Å². The van der Waals surface area contributed by atoms with Crippen LogP contribution in [0.25, 0.3) is 0 Å². The van der Waals surface area contributed by atoms with E-state index in [0.717, 1.165) is 30.8 Å². The molecule has 174 valence electrons. The molecule has 1 unspecified atom stereocenters. The average molecular weight is 468 g/mol. The van der Waals surface area contributed by atoms with Crippen molar-refractivity contribution in [2.45, 2.75) is 51.6 Å². The van der Waals surface area contributed by atoms with Crippen molar-refractivity contribution in [3.63, 3.8) is 0 Å². The van der Waals surface area contributed by atoms with Crippen molar-refractivity contribution in [1.29, 1.82) is 0 Å². The molecule has 1 aliphatic carbocycles. The number of thiocarbonyl (C=S) groups is 1. The summed E-state index contributed by atoms with van der Waals surface area (Å²) in [6.45, 7) is 5.19. The molecule has 1 aliphatic heterocycles. The van der Waals surface area contributed by atoms with Crippen molar-refractivity contribution < 1.29 is 19.1 Å². The van der Waals surface area contributed by atoms with Crippen LogP contribution in [-0.4, -0.2) is 47.1 Å². The van der Waals surface area contributed by atoms with E-state index < -0.39 is 6.04 Å². The van der Waals surface area contributed by atoms with Gasteiger partial charge in [-0.25, -0.2) is 0 Å². The molecule has 1 N–H and O–H groups in total. The zero-order valence-corrected chi connectivity index (χ0v) is 19.8. The molecule has 0 radical (unpaired) electrons. The zero-order valence-electron chi connectivity index (χ0n) is 19.0. The second-order valence-electron chi connectivity index (χ2n) is 8.16. The van der Waals surface area contributed by atoms with Gasteiger partial charge in [0.1, 0.15) is 17.5 Å². The normalized spacial score (nSPS) is 17.9. The molecule has 1 heterocycles. The van der Waals surface area contributed by atoms with E-state index in [1.807, 2.05) is 55.1 Å². The van der Waals surface area contributed by atoms with E-state index in [9.17, 15) is 9.59 Å². The quantitative estimate of drug-likeness (QED) is 0.524. The molecular formula is C25H29N3O4S. The number of rotatable bonds is 10. The van der Waals surface area contributed by atoms with Crippen molar-refractivity contribution in [3.8, 4) is 11.5 Å². The molecule has 2 amide bonds. The van der Waals surface area contributed by atoms with Crippen LogP contribution in [0.2, 0.25) is 0 Å². The fourth-order valence-electron chi connectivity index (χ4n) is 3.90. The van der Waals surface area contributed by atoms with E-state index in [-0.39, 0.29) is 24.3 Å². The van der Waals surface area contributed by atoms with Crippen molar-refractivity contribution >= 4 is 40.5 Å². The van der Waals surface area contributed by atoms with Gasteiger partial charge < -0.3 is 19.7 Å². The van der Waals surface area contributed by atoms with Crippen LogP contribution < -0.4 is 19.7 Å². The van der Waals surface area contributed by atoms with E-state index in [2.05, 4.69) is 5.32 Å². The Bertz CT molecular complexity index is 1010. The van der Waals surface area contributed by atoms with E-state index >= 15 is 0 Å². The van der Waals surface area contributed by atoms with E-state index in [0.29, 0.717) is 29.7 Å². The third-order valence-corrected chi connectivity index (χ3v) is 5.98. The molecule has 33 heavy (non-hydrogen) atoms. The Morgan fingerprint density at radius 3 is 2.27 bits per heavy atom. The summed E-state index contributed by atoms with van der Waals surface area (Å²) in [4.78, 5) is 29.7. The second kappa shape index (κ2) is 10.2. The van der Waals surface area contributed by atoms with Gasteiger partial charge in [-0.1, -0.05) is 6.92 Å². The first kappa shape index (κ1) is 23.0. The van der Waals surface area contributed by atoms with Crippen LogP contribution >= 0.6 is 12.2 Å². The molecule has 7 nitrogen and oxygen atoms in total. The molecular weight excluding hydrogens is 438 g/mol. The van der Waals surface area contributed by atoms with Gasteiger partial charge in [-0.05, 0) is 86.9 Å². The number of nitrogens with one attached hydrogen (secondary N) is 1. The first-order valence-corrected chi connectivity index (χ1v) is 11.8. The third kappa shape index (κ3) is 5.27. The van der Waals surface area contributed by atoms with Crippen LogP contribution in [0.1, 0.15) is 39.5 Å². The van der Waals surface area contributed by atoms with Gasteiger partial charge in [0.25, 0.3) is 5.91 Å². The first-order chi connectivity index (χ1) is 16.0. The molecule has 1 atom stereocenters. The van der Waals surface area contributed by atoms with Crippen LogP contribution in [0, 0.1) is 0 Å². The lowest BCUT2D eigenvalue weighted by Crippen LogP contribution is -2.39. The minimum atomic E-state index is -0.608. The van der Waals surface area contributed by atoms with Gasteiger partial charge in [0.15, 0.2) is 5.11 Å². The van der Waals surface area contributed by atoms with E-state index in [1.165, 1.54) is 0 Å². The maximum absolute atomic E-state index is 13.4. The molecule has 2 aromatic carbocycles. The predicted molar refractivity (Wildman–Crippen MR) is 132 cm³/mol. The minimum Gasteiger partial charge on any atom is -0.494 e. The van der Waals surface area contributed by atoms with Gasteiger partial charge in [-0.3, -0.25) is 14.5 Å². The number of carbonyl (C=O) groups excluding carboxylic acids is 2. The fourth-order valence-corrected chi connectivity index (χ4v) is 4.37. The number of ether oxygens (including phenoxy) is 2. The lowest BCUT2D eigenvalue weighted by Gasteiger charge is -2.23. The molecule has 0 bridgehead atoms. The van der Waals surface area contributed by atoms with Crippen LogP contribution in [-0.2, 0) is 9.59 Å². The minimum absolute atomic E-state index is 0.0388. The van der Waals surface area contributed by atoms with Gasteiger partial charge in [-0.2, -0.15) is 0 Å². The Hall–Kier alpha value is -3.13. The Morgan fingerprint density at radius 1 is 1.03 bits per heavy atom. The lowest BCUT2D eigenvalue weighted by molar-refractivity contribution is -0.124. The number of nitrogens with zero attached hydrogens (tertiary/aromatic N) is 2. The summed E-state index contributed by atoms with van der Waals surface area (Å²) in [5, 5.41) is 3.35. The lowest BCUT2D eigenvalue weighted by atomic mass is 10.1. The van der Waals surface area contributed by atoms with Crippen molar-refractivity contribution in [2.75, 3.05) is 23.4 Å². The predicted octanol–water partition coefficient (Wildman–Crippen LogP) is 4.37. The molecule has 2 aromatic rings. The molecule has 8 heteroatoms. The maximum Gasteiger partial charge on any atom is 0.256 e. The topological polar surface area (TPSA) is 71.1 Å². The molecule has 0 aromatic heterocycles. The molecule has 2 fully saturated rings. The Morgan fingerprint density at radius 2 is 1.67 bits per heavy atom. The highest BCUT2D eigenvalue weighted by Crippen LogP contribution is 2.37. The fraction of sp³-hybridized carbons (Fsp3) is 0.400. The van der Waals surface area contributed by atoms with Gasteiger partial charge in [0, 0.05) is 11.7 Å². The standard InChI is InChI=1S/C25H29N3O4S/c1-3-15-32-21-11-5-17(6-12-21)26-23(29)16-22-24(30)28(25(33)27(22)18-7-8-18)19-9-13-20(14-10-19)31-4-2/h5-6,9-14,18,22H,3-4,7-8,15-16H2,1-2H3,(H,26,29). The van der Waals surface area contributed by atoms with E-state index in [4.69, 9.17) is 21.7 Å². The largest absolute Gasteiger partial charge is 0.494 e. The van der Waals surface area contributed by atoms with E-state index in [1.54, 1.807) is 17.0 Å². The van der Waals surface area contributed by atoms with Crippen LogP contribution in [0.4, 0.5) is 11.4 Å². The highest BCUT2D eigenvalue weighted by Gasteiger charge is 2.49. The molecule has 1 saturated carbocycles. The van der Waals surface area contributed by atoms with Gasteiger partial charge in [0.05, 0.1) is 25.3 Å². The Balaban J connectivity index is 1.45. The maximum atomic E-state index is 13.4. The Kier molecular flexibility index (Phi) is 7.13. The van der Waals surface area contributed by atoms with Gasteiger partial charge >= 0.3 is 0 Å². The number of benzene rings is 2. The highest BCUT2D eigenvalue weighted by molar-refractivity contribution is 7.80. The zero-order chi connectivity index (χ0) is 23.4. The average Bonchev–Trinajstić information content (AvgIpc) is 3.61. The SMILES string of the molecule is CCCOc1ccc(NC(=O)CC2C(=O)N(c3ccc(OCC)cc3)C(=S)N2C2CC2)cc1. The number of hydrogen-bond acceptors (Lipinski definition) is 5. The Labute approximate surface area is 199 Å². The van der Waals surface area contributed by atoms with Crippen LogP contribution in [0.3, 0.4) is 0 Å². The van der Waals surface area contributed by atoms with Gasteiger partial charge in [-0.15, -0.1) is 0 Å². The number of amides is 2. The summed E-state index contributed by atoms with van der Waals surface area (Å²) < 4.78 is 11.1. The number of anilines is 2. The molecule has 2 aliphatic rings. The smallest absolute Gasteiger partial charge is 0.256 e. The molecule has 1 saturated heterocycles. The number of carbonyl (C=O) groups is 2. The van der Waals surface area contributed by atoms with Crippen LogP contribution in [0.5, 0.6) is 11.5 Å². The highest BCUT2D eigenvalue weighted by atomic mass is 32.1. The first-order valence-electron chi connectivity index (χ1n) is 11.4. The number of hydrogen-bond donors (Lipinski definition) is 1. The molecule has 0 spiro atoms. The van der Waals surface area contributed by atoms with Crippen LogP contribution in [0.15, 0.2) is 48.5 Å². The summed E-state index contributed by atoms with van der Waals surface area (Å²) in [6.07, 6.45) is 2.92. The van der Waals surface area contributed by atoms with Gasteiger partial charge in [0.2, 0.25) is 5.91 Å². The molecule has 4 rings (SSSR count). The summed E-state index contributed by atoms with van der Waals surface area (Å²) in [6, 6.07) is 14.1. The summed E-state index contributed by atoms with van der Waals surface area (Å²) >= 11 is 5.68. The third-order valence-electron chi connectivity index (χ3n) is 5.59. The summed E-state index contributed by atoms with van der Waals surface area (Å²) in [5.41, 5.74) is 1.35. The summed E-state index contributed by atoms with van der Waals surface area (Å²) in [5.74, 6) is 1.10. The van der Waals surface area contributed by atoms with Crippen molar-refractivity contribution in [2.24, 2.45) is 0 Å². The second-order valence-corrected chi connectivity index (χ2v) is 8.53.